The van der Waals surface area contributed by atoms with E-state index < -0.39 is 11.4 Å². The first kappa shape index (κ1) is 14.0. The SMILES string of the molecule is CCCC1(C(=O)O)CCN(CCC(=O)NC)C1. The van der Waals surface area contributed by atoms with Crippen molar-refractivity contribution < 1.29 is 14.7 Å². The monoisotopic (exact) mass is 242 g/mol. The molecule has 5 nitrogen and oxygen atoms in total. The third kappa shape index (κ3) is 3.43. The quantitative estimate of drug-likeness (QED) is 0.719. The summed E-state index contributed by atoms with van der Waals surface area (Å²) >= 11 is 0. The van der Waals surface area contributed by atoms with Crippen LogP contribution in [0, 0.1) is 5.41 Å². The molecule has 1 unspecified atom stereocenters. The van der Waals surface area contributed by atoms with E-state index in [-0.39, 0.29) is 5.91 Å². The number of aliphatic carboxylic acids is 1. The maximum atomic E-state index is 11.3. The van der Waals surface area contributed by atoms with Gasteiger partial charge < -0.3 is 15.3 Å². The van der Waals surface area contributed by atoms with E-state index in [4.69, 9.17) is 0 Å². The Morgan fingerprint density at radius 1 is 1.47 bits per heavy atom. The first-order chi connectivity index (χ1) is 8.04. The maximum Gasteiger partial charge on any atom is 0.310 e. The van der Waals surface area contributed by atoms with E-state index in [9.17, 15) is 14.7 Å². The molecule has 0 bridgehead atoms. The number of nitrogens with zero attached hydrogens (tertiary/aromatic N) is 1. The first-order valence-corrected chi connectivity index (χ1v) is 6.20. The van der Waals surface area contributed by atoms with E-state index in [0.717, 1.165) is 19.4 Å². The molecular weight excluding hydrogens is 220 g/mol. The third-order valence-electron chi connectivity index (χ3n) is 3.55. The van der Waals surface area contributed by atoms with Gasteiger partial charge in [-0.25, -0.2) is 0 Å². The number of hydrogen-bond donors (Lipinski definition) is 2. The lowest BCUT2D eigenvalue weighted by molar-refractivity contribution is -0.148. The van der Waals surface area contributed by atoms with Gasteiger partial charge in [0.1, 0.15) is 0 Å². The summed E-state index contributed by atoms with van der Waals surface area (Å²) in [6.07, 6.45) is 2.75. The molecule has 1 heterocycles. The predicted molar refractivity (Wildman–Crippen MR) is 64.7 cm³/mol. The Kier molecular flexibility index (Phi) is 4.93. The van der Waals surface area contributed by atoms with E-state index in [2.05, 4.69) is 10.2 Å². The van der Waals surface area contributed by atoms with Crippen molar-refractivity contribution in [2.75, 3.05) is 26.7 Å². The van der Waals surface area contributed by atoms with E-state index in [0.29, 0.717) is 25.9 Å². The molecule has 0 aromatic rings. The smallest absolute Gasteiger partial charge is 0.310 e. The van der Waals surface area contributed by atoms with Crippen LogP contribution in [-0.4, -0.2) is 48.6 Å². The van der Waals surface area contributed by atoms with Crippen molar-refractivity contribution in [3.05, 3.63) is 0 Å². The zero-order valence-electron chi connectivity index (χ0n) is 10.7. The Balaban J connectivity index is 2.49. The lowest BCUT2D eigenvalue weighted by Gasteiger charge is -2.24. The van der Waals surface area contributed by atoms with Crippen LogP contribution >= 0.6 is 0 Å². The fourth-order valence-corrected chi connectivity index (χ4v) is 2.50. The molecule has 0 saturated carbocycles. The molecule has 2 N–H and O–H groups in total. The summed E-state index contributed by atoms with van der Waals surface area (Å²) < 4.78 is 0. The highest BCUT2D eigenvalue weighted by atomic mass is 16.4. The molecule has 1 atom stereocenters. The van der Waals surface area contributed by atoms with Gasteiger partial charge in [0.2, 0.25) is 5.91 Å². The Bertz CT molecular complexity index is 293. The van der Waals surface area contributed by atoms with Crippen molar-refractivity contribution in [1.82, 2.24) is 10.2 Å². The Morgan fingerprint density at radius 2 is 2.18 bits per heavy atom. The van der Waals surface area contributed by atoms with Gasteiger partial charge in [0.25, 0.3) is 0 Å². The Morgan fingerprint density at radius 3 is 2.71 bits per heavy atom. The topological polar surface area (TPSA) is 69.6 Å². The van der Waals surface area contributed by atoms with Crippen LogP contribution in [0.2, 0.25) is 0 Å². The van der Waals surface area contributed by atoms with Gasteiger partial charge in [0, 0.05) is 26.6 Å². The molecule has 0 radical (unpaired) electrons. The number of carbonyl (C=O) groups excluding carboxylic acids is 1. The lowest BCUT2D eigenvalue weighted by atomic mass is 9.83. The number of rotatable bonds is 6. The molecule has 5 heteroatoms. The van der Waals surface area contributed by atoms with E-state index in [1.165, 1.54) is 0 Å². The van der Waals surface area contributed by atoms with Crippen LogP contribution in [0.25, 0.3) is 0 Å². The minimum atomic E-state index is -0.693. The van der Waals surface area contributed by atoms with Crippen LogP contribution in [0.15, 0.2) is 0 Å². The van der Waals surface area contributed by atoms with E-state index in [1.807, 2.05) is 6.92 Å². The average Bonchev–Trinajstić information content (AvgIpc) is 2.71. The highest BCUT2D eigenvalue weighted by Crippen LogP contribution is 2.35. The molecule has 98 valence electrons. The molecule has 17 heavy (non-hydrogen) atoms. The van der Waals surface area contributed by atoms with Crippen LogP contribution in [-0.2, 0) is 9.59 Å². The molecule has 0 aliphatic carbocycles. The highest BCUT2D eigenvalue weighted by molar-refractivity contribution is 5.76. The van der Waals surface area contributed by atoms with Gasteiger partial charge in [0.15, 0.2) is 0 Å². The highest BCUT2D eigenvalue weighted by Gasteiger charge is 2.43. The summed E-state index contributed by atoms with van der Waals surface area (Å²) in [6, 6.07) is 0. The summed E-state index contributed by atoms with van der Waals surface area (Å²) in [6.45, 7) is 4.02. The van der Waals surface area contributed by atoms with Crippen molar-refractivity contribution in [3.63, 3.8) is 0 Å². The lowest BCUT2D eigenvalue weighted by Crippen LogP contribution is -2.35. The summed E-state index contributed by atoms with van der Waals surface area (Å²) in [5.41, 5.74) is -0.586. The minimum Gasteiger partial charge on any atom is -0.481 e. The number of hydrogen-bond acceptors (Lipinski definition) is 3. The molecule has 1 saturated heterocycles. The number of carboxylic acid groups (broad SMARTS) is 1. The van der Waals surface area contributed by atoms with Gasteiger partial charge in [-0.15, -0.1) is 0 Å². The fraction of sp³-hybridized carbons (Fsp3) is 0.833. The summed E-state index contributed by atoms with van der Waals surface area (Å²) in [4.78, 5) is 24.6. The van der Waals surface area contributed by atoms with Crippen LogP contribution in [0.3, 0.4) is 0 Å². The van der Waals surface area contributed by atoms with Gasteiger partial charge in [0.05, 0.1) is 5.41 Å². The normalized spacial score (nSPS) is 24.8. The van der Waals surface area contributed by atoms with Crippen LogP contribution in [0.1, 0.15) is 32.6 Å². The van der Waals surface area contributed by atoms with Crippen molar-refractivity contribution in [3.8, 4) is 0 Å². The second-order valence-corrected chi connectivity index (χ2v) is 4.78. The average molecular weight is 242 g/mol. The second kappa shape index (κ2) is 6.00. The summed E-state index contributed by atoms with van der Waals surface area (Å²) in [7, 11) is 1.62. The third-order valence-corrected chi connectivity index (χ3v) is 3.55. The van der Waals surface area contributed by atoms with Crippen molar-refractivity contribution in [2.45, 2.75) is 32.6 Å². The first-order valence-electron chi connectivity index (χ1n) is 6.20. The van der Waals surface area contributed by atoms with Crippen LogP contribution < -0.4 is 5.32 Å². The Hall–Kier alpha value is -1.10. The largest absolute Gasteiger partial charge is 0.481 e. The molecule has 1 amide bonds. The predicted octanol–water partition coefficient (Wildman–Crippen LogP) is 0.699. The number of nitrogens with one attached hydrogen (secondary N) is 1. The second-order valence-electron chi connectivity index (χ2n) is 4.78. The van der Waals surface area contributed by atoms with Crippen molar-refractivity contribution >= 4 is 11.9 Å². The van der Waals surface area contributed by atoms with Crippen molar-refractivity contribution in [1.29, 1.82) is 0 Å². The molecule has 1 aliphatic heterocycles. The van der Waals surface area contributed by atoms with Crippen molar-refractivity contribution in [2.24, 2.45) is 5.41 Å². The zero-order valence-corrected chi connectivity index (χ0v) is 10.7. The van der Waals surface area contributed by atoms with E-state index >= 15 is 0 Å². The van der Waals surface area contributed by atoms with Crippen LogP contribution in [0.4, 0.5) is 0 Å². The zero-order chi connectivity index (χ0) is 12.9. The summed E-state index contributed by atoms with van der Waals surface area (Å²) in [5, 5.41) is 11.9. The number of amides is 1. The number of likely N-dealkylation sites (tertiary alicyclic amines) is 1. The molecule has 1 rings (SSSR count). The minimum absolute atomic E-state index is 0.00770. The maximum absolute atomic E-state index is 11.3. The fourth-order valence-electron chi connectivity index (χ4n) is 2.50. The van der Waals surface area contributed by atoms with Gasteiger partial charge in [-0.1, -0.05) is 13.3 Å². The van der Waals surface area contributed by atoms with E-state index in [1.54, 1.807) is 7.05 Å². The van der Waals surface area contributed by atoms with Gasteiger partial charge >= 0.3 is 5.97 Å². The molecule has 1 fully saturated rings. The standard InChI is InChI=1S/C12H22N2O3/c1-3-5-12(11(16)17)6-8-14(9-12)7-4-10(15)13-2/h3-9H2,1-2H3,(H,13,15)(H,16,17). The molecular formula is C12H22N2O3. The Labute approximate surface area is 102 Å². The molecule has 0 aromatic heterocycles. The summed E-state index contributed by atoms with van der Waals surface area (Å²) in [5.74, 6) is -0.685. The van der Waals surface area contributed by atoms with Gasteiger partial charge in [-0.05, 0) is 19.4 Å². The molecule has 0 aromatic carbocycles. The molecule has 0 spiro atoms. The van der Waals surface area contributed by atoms with Crippen LogP contribution in [0.5, 0.6) is 0 Å². The van der Waals surface area contributed by atoms with Gasteiger partial charge in [-0.2, -0.15) is 0 Å². The van der Waals surface area contributed by atoms with Gasteiger partial charge in [-0.3, -0.25) is 9.59 Å². The number of carboxylic acids is 1. The number of carbonyl (C=O) groups is 2. The molecule has 1 aliphatic rings.